The predicted octanol–water partition coefficient (Wildman–Crippen LogP) is 2.06. The summed E-state index contributed by atoms with van der Waals surface area (Å²) in [5, 5.41) is 3.16. The smallest absolute Gasteiger partial charge is 0.254 e. The van der Waals surface area contributed by atoms with E-state index in [-0.39, 0.29) is 11.4 Å². The molecule has 4 heteroatoms. The average Bonchev–Trinajstić information content (AvgIpc) is 2.01. The van der Waals surface area contributed by atoms with Crippen molar-refractivity contribution in [1.82, 2.24) is 10.3 Å². The van der Waals surface area contributed by atoms with E-state index in [4.69, 9.17) is 11.6 Å². The number of halogens is 1. The van der Waals surface area contributed by atoms with Crippen molar-refractivity contribution in [2.75, 3.05) is 0 Å². The van der Waals surface area contributed by atoms with Gasteiger partial charge in [-0.3, -0.25) is 9.78 Å². The number of carbonyl (C=O) groups is 1. The fraction of sp³-hybridized carbons (Fsp3) is 0.400. The van der Waals surface area contributed by atoms with Crippen LogP contribution in [0.4, 0.5) is 0 Å². The molecule has 0 aliphatic heterocycles. The fourth-order valence-corrected chi connectivity index (χ4v) is 1.09. The van der Waals surface area contributed by atoms with E-state index in [1.54, 1.807) is 0 Å². The molecule has 1 rings (SSSR count). The molecule has 1 heterocycles. The minimum atomic E-state index is -0.278. The Bertz CT molecular complexity index is 344. The van der Waals surface area contributed by atoms with Crippen LogP contribution in [0, 0.1) is 6.20 Å². The van der Waals surface area contributed by atoms with Gasteiger partial charge in [-0.15, -0.1) is 0 Å². The zero-order valence-electron chi connectivity index (χ0n) is 8.39. The molecule has 0 aliphatic carbocycles. The molecule has 0 spiro atoms. The number of hydrogen-bond donors (Lipinski definition) is 1. The largest absolute Gasteiger partial charge is 0.347 e. The second kappa shape index (κ2) is 3.96. The number of carbonyl (C=O) groups excluding carboxylic acids is 1. The minimum Gasteiger partial charge on any atom is -0.347 e. The summed E-state index contributed by atoms with van der Waals surface area (Å²) >= 11 is 5.82. The fourth-order valence-electron chi connectivity index (χ4n) is 0.910. The molecule has 75 valence electrons. The monoisotopic (exact) mass is 211 g/mol. The molecule has 0 aromatic carbocycles. The summed E-state index contributed by atoms with van der Waals surface area (Å²) in [6, 6.07) is 1.47. The van der Waals surface area contributed by atoms with E-state index < -0.39 is 0 Å². The molecule has 1 amide bonds. The van der Waals surface area contributed by atoms with Crippen LogP contribution in [0.3, 0.4) is 0 Å². The molecule has 1 aromatic rings. The van der Waals surface area contributed by atoms with Crippen LogP contribution in [-0.4, -0.2) is 16.4 Å². The lowest BCUT2D eigenvalue weighted by Crippen LogP contribution is -2.40. The Morgan fingerprint density at radius 3 is 2.71 bits per heavy atom. The second-order valence-corrected chi connectivity index (χ2v) is 4.40. The van der Waals surface area contributed by atoms with Crippen molar-refractivity contribution >= 4 is 17.5 Å². The first-order valence-electron chi connectivity index (χ1n) is 4.24. The third-order valence-electron chi connectivity index (χ3n) is 1.45. The summed E-state index contributed by atoms with van der Waals surface area (Å²) in [7, 11) is 0. The number of rotatable bonds is 1. The lowest BCUT2D eigenvalue weighted by molar-refractivity contribution is 0.0919. The predicted molar refractivity (Wildman–Crippen MR) is 55.3 cm³/mol. The maximum atomic E-state index is 11.6. The van der Waals surface area contributed by atoms with E-state index in [9.17, 15) is 4.79 Å². The second-order valence-electron chi connectivity index (χ2n) is 4.00. The van der Waals surface area contributed by atoms with Crippen LogP contribution >= 0.6 is 11.6 Å². The Morgan fingerprint density at radius 1 is 1.57 bits per heavy atom. The zero-order valence-corrected chi connectivity index (χ0v) is 9.14. The van der Waals surface area contributed by atoms with Crippen LogP contribution < -0.4 is 5.32 Å². The average molecular weight is 212 g/mol. The van der Waals surface area contributed by atoms with Gasteiger partial charge in [-0.1, -0.05) is 11.6 Å². The molecule has 0 unspecified atom stereocenters. The quantitative estimate of drug-likeness (QED) is 0.773. The number of nitrogens with one attached hydrogen (secondary N) is 1. The van der Waals surface area contributed by atoms with E-state index in [0.29, 0.717) is 10.6 Å². The Labute approximate surface area is 88.5 Å². The van der Waals surface area contributed by atoms with Gasteiger partial charge >= 0.3 is 0 Å². The van der Waals surface area contributed by atoms with Crippen molar-refractivity contribution in [1.29, 1.82) is 0 Å². The summed E-state index contributed by atoms with van der Waals surface area (Å²) in [5.74, 6) is -0.219. The number of pyridine rings is 1. The highest BCUT2D eigenvalue weighted by atomic mass is 35.5. The number of hydrogen-bond acceptors (Lipinski definition) is 2. The zero-order chi connectivity index (χ0) is 10.8. The number of aromatic nitrogens is 1. The van der Waals surface area contributed by atoms with Gasteiger partial charge in [-0.05, 0) is 26.8 Å². The number of nitrogens with zero attached hydrogens (tertiary/aromatic N) is 1. The molecule has 0 saturated carbocycles. The van der Waals surface area contributed by atoms with Gasteiger partial charge in [0.05, 0.1) is 16.8 Å². The summed E-state index contributed by atoms with van der Waals surface area (Å²) < 4.78 is 0. The van der Waals surface area contributed by atoms with Gasteiger partial charge in [0.1, 0.15) is 0 Å². The normalized spacial score (nSPS) is 11.1. The molecule has 0 saturated heterocycles. The van der Waals surface area contributed by atoms with E-state index in [0.717, 1.165) is 0 Å². The van der Waals surface area contributed by atoms with E-state index in [1.165, 1.54) is 12.3 Å². The lowest BCUT2D eigenvalue weighted by atomic mass is 10.1. The first-order chi connectivity index (χ1) is 6.40. The Morgan fingerprint density at radius 2 is 2.21 bits per heavy atom. The molecular weight excluding hydrogens is 200 g/mol. The first-order valence-corrected chi connectivity index (χ1v) is 4.62. The maximum absolute atomic E-state index is 11.6. The highest BCUT2D eigenvalue weighted by Gasteiger charge is 2.17. The molecule has 0 bridgehead atoms. The molecule has 0 atom stereocenters. The van der Waals surface area contributed by atoms with Crippen LogP contribution in [0.5, 0.6) is 0 Å². The molecule has 1 aromatic heterocycles. The highest BCUT2D eigenvalue weighted by molar-refractivity contribution is 6.33. The van der Waals surface area contributed by atoms with Crippen molar-refractivity contribution in [3.05, 3.63) is 29.0 Å². The minimum absolute atomic E-state index is 0.219. The molecule has 1 radical (unpaired) electrons. The van der Waals surface area contributed by atoms with Crippen molar-refractivity contribution in [3.8, 4) is 0 Å². The summed E-state index contributed by atoms with van der Waals surface area (Å²) in [6.07, 6.45) is 3.96. The third kappa shape index (κ3) is 3.00. The van der Waals surface area contributed by atoms with Gasteiger partial charge in [0.15, 0.2) is 0 Å². The van der Waals surface area contributed by atoms with Crippen molar-refractivity contribution < 1.29 is 4.79 Å². The molecule has 0 fully saturated rings. The van der Waals surface area contributed by atoms with Crippen LogP contribution in [0.25, 0.3) is 0 Å². The van der Waals surface area contributed by atoms with Crippen LogP contribution in [0.15, 0.2) is 12.3 Å². The highest BCUT2D eigenvalue weighted by Crippen LogP contribution is 2.14. The Hall–Kier alpha value is -1.09. The summed E-state index contributed by atoms with van der Waals surface area (Å²) in [4.78, 5) is 15.4. The SMILES string of the molecule is CC(C)(C)NC(=O)c1cn[c]cc1Cl. The van der Waals surface area contributed by atoms with E-state index in [1.807, 2.05) is 20.8 Å². The molecule has 0 aliphatic rings. The molecule has 14 heavy (non-hydrogen) atoms. The van der Waals surface area contributed by atoms with Gasteiger partial charge in [0.25, 0.3) is 5.91 Å². The van der Waals surface area contributed by atoms with Gasteiger partial charge in [0, 0.05) is 11.7 Å². The van der Waals surface area contributed by atoms with Crippen molar-refractivity contribution in [2.45, 2.75) is 26.3 Å². The van der Waals surface area contributed by atoms with E-state index in [2.05, 4.69) is 16.5 Å². The Kier molecular flexibility index (Phi) is 3.11. The van der Waals surface area contributed by atoms with Gasteiger partial charge < -0.3 is 5.32 Å². The Balaban J connectivity index is 2.86. The van der Waals surface area contributed by atoms with Crippen LogP contribution in [0.2, 0.25) is 5.02 Å². The van der Waals surface area contributed by atoms with Gasteiger partial charge in [-0.25, -0.2) is 0 Å². The molecular formula is C10H12ClN2O. The summed E-state index contributed by atoms with van der Waals surface area (Å²) in [5.41, 5.74) is 0.0975. The lowest BCUT2D eigenvalue weighted by Gasteiger charge is -2.20. The summed E-state index contributed by atoms with van der Waals surface area (Å²) in [6.45, 7) is 5.71. The van der Waals surface area contributed by atoms with Crippen LogP contribution in [0.1, 0.15) is 31.1 Å². The van der Waals surface area contributed by atoms with Gasteiger partial charge in [-0.2, -0.15) is 0 Å². The molecule has 3 nitrogen and oxygen atoms in total. The van der Waals surface area contributed by atoms with Gasteiger partial charge in [0.2, 0.25) is 0 Å². The topological polar surface area (TPSA) is 42.0 Å². The standard InChI is InChI=1S/C10H12ClN2O/c1-10(2,3)13-9(14)7-6-12-5-4-8(7)11/h4,6H,1-3H3,(H,13,14). The van der Waals surface area contributed by atoms with Crippen molar-refractivity contribution in [3.63, 3.8) is 0 Å². The third-order valence-corrected chi connectivity index (χ3v) is 1.76. The number of amides is 1. The van der Waals surface area contributed by atoms with Crippen molar-refractivity contribution in [2.24, 2.45) is 0 Å². The first kappa shape index (κ1) is 11.0. The van der Waals surface area contributed by atoms with E-state index >= 15 is 0 Å². The maximum Gasteiger partial charge on any atom is 0.254 e. The van der Waals surface area contributed by atoms with Crippen LogP contribution in [-0.2, 0) is 0 Å². The molecule has 1 N–H and O–H groups in total.